The SMILES string of the molecule is COC(=O)c1ccc([C@H](O)C(F)(F)F)cc1Cl. The molecular weight excluding hydrogens is 261 g/mol. The Kier molecular flexibility index (Phi) is 4.00. The molecule has 94 valence electrons. The van der Waals surface area contributed by atoms with Crippen LogP contribution in [0.25, 0.3) is 0 Å². The number of carbonyl (C=O) groups is 1. The second-order valence-corrected chi connectivity index (χ2v) is 3.58. The van der Waals surface area contributed by atoms with E-state index in [1.807, 2.05) is 0 Å². The average Bonchev–Trinajstić information content (AvgIpc) is 2.25. The fourth-order valence-corrected chi connectivity index (χ4v) is 1.43. The molecule has 0 saturated carbocycles. The van der Waals surface area contributed by atoms with Gasteiger partial charge in [0.25, 0.3) is 0 Å². The number of hydrogen-bond donors (Lipinski definition) is 1. The predicted molar refractivity (Wildman–Crippen MR) is 53.8 cm³/mol. The number of methoxy groups -OCH3 is 1. The van der Waals surface area contributed by atoms with Gasteiger partial charge in [0.2, 0.25) is 0 Å². The van der Waals surface area contributed by atoms with Gasteiger partial charge in [0, 0.05) is 0 Å². The van der Waals surface area contributed by atoms with E-state index >= 15 is 0 Å². The summed E-state index contributed by atoms with van der Waals surface area (Å²) in [5, 5.41) is 8.76. The largest absolute Gasteiger partial charge is 0.465 e. The lowest BCUT2D eigenvalue weighted by atomic mass is 10.1. The molecule has 7 heteroatoms. The van der Waals surface area contributed by atoms with E-state index < -0.39 is 23.8 Å². The Morgan fingerprint density at radius 2 is 2.06 bits per heavy atom. The molecule has 0 fully saturated rings. The number of hydrogen-bond acceptors (Lipinski definition) is 3. The standard InChI is InChI=1S/C10H8ClF3O3/c1-17-9(16)6-3-2-5(4-7(6)11)8(15)10(12,13)14/h2-4,8,15H,1H3/t8-/m0/s1. The average molecular weight is 269 g/mol. The number of carbonyl (C=O) groups excluding carboxylic acids is 1. The first-order valence-corrected chi connectivity index (χ1v) is 4.77. The Bertz CT molecular complexity index is 431. The van der Waals surface area contributed by atoms with Crippen LogP contribution in [-0.2, 0) is 4.74 Å². The zero-order valence-electron chi connectivity index (χ0n) is 8.58. The highest BCUT2D eigenvalue weighted by Crippen LogP contribution is 2.34. The van der Waals surface area contributed by atoms with Gasteiger partial charge in [-0.1, -0.05) is 17.7 Å². The number of aliphatic hydroxyl groups is 1. The summed E-state index contributed by atoms with van der Waals surface area (Å²) in [5.41, 5.74) is -0.498. The number of aliphatic hydroxyl groups excluding tert-OH is 1. The van der Waals surface area contributed by atoms with Gasteiger partial charge < -0.3 is 9.84 Å². The number of ether oxygens (including phenoxy) is 1. The maximum Gasteiger partial charge on any atom is 0.418 e. The summed E-state index contributed by atoms with van der Waals surface area (Å²) >= 11 is 5.62. The Labute approximate surface area is 99.8 Å². The van der Waals surface area contributed by atoms with Crippen molar-refractivity contribution < 1.29 is 27.8 Å². The monoisotopic (exact) mass is 268 g/mol. The molecule has 0 aliphatic carbocycles. The highest BCUT2D eigenvalue weighted by atomic mass is 35.5. The second-order valence-electron chi connectivity index (χ2n) is 3.18. The van der Waals surface area contributed by atoms with E-state index in [1.165, 1.54) is 0 Å². The number of benzene rings is 1. The van der Waals surface area contributed by atoms with Gasteiger partial charge in [-0.3, -0.25) is 0 Å². The molecule has 0 aromatic heterocycles. The van der Waals surface area contributed by atoms with Gasteiger partial charge in [0.15, 0.2) is 6.10 Å². The molecule has 0 radical (unpaired) electrons. The van der Waals surface area contributed by atoms with Crippen molar-refractivity contribution in [3.8, 4) is 0 Å². The van der Waals surface area contributed by atoms with Crippen molar-refractivity contribution in [1.29, 1.82) is 0 Å². The Morgan fingerprint density at radius 1 is 1.47 bits per heavy atom. The van der Waals surface area contributed by atoms with E-state index in [0.29, 0.717) is 0 Å². The first kappa shape index (κ1) is 13.8. The van der Waals surface area contributed by atoms with Crippen LogP contribution >= 0.6 is 11.6 Å². The molecule has 1 rings (SSSR count). The quantitative estimate of drug-likeness (QED) is 0.839. The number of esters is 1. The smallest absolute Gasteiger partial charge is 0.418 e. The molecule has 0 aliphatic rings. The fraction of sp³-hybridized carbons (Fsp3) is 0.300. The summed E-state index contributed by atoms with van der Waals surface area (Å²) in [7, 11) is 1.12. The second kappa shape index (κ2) is 4.93. The molecule has 0 saturated heterocycles. The van der Waals surface area contributed by atoms with Crippen LogP contribution in [0.4, 0.5) is 13.2 Å². The molecule has 0 amide bonds. The minimum Gasteiger partial charge on any atom is -0.465 e. The highest BCUT2D eigenvalue weighted by molar-refractivity contribution is 6.33. The summed E-state index contributed by atoms with van der Waals surface area (Å²) in [5.74, 6) is -0.761. The van der Waals surface area contributed by atoms with E-state index in [9.17, 15) is 18.0 Å². The zero-order valence-corrected chi connectivity index (χ0v) is 9.34. The van der Waals surface area contributed by atoms with Crippen LogP contribution in [0.2, 0.25) is 5.02 Å². The third-order valence-corrected chi connectivity index (χ3v) is 2.34. The molecule has 0 unspecified atom stereocenters. The van der Waals surface area contributed by atoms with Gasteiger partial charge in [-0.15, -0.1) is 0 Å². The van der Waals surface area contributed by atoms with Gasteiger partial charge in [0.05, 0.1) is 17.7 Å². The summed E-state index contributed by atoms with van der Waals surface area (Å²) in [6, 6.07) is 2.92. The summed E-state index contributed by atoms with van der Waals surface area (Å²) in [6.45, 7) is 0. The summed E-state index contributed by atoms with van der Waals surface area (Å²) < 4.78 is 41.0. The van der Waals surface area contributed by atoms with Crippen LogP contribution in [0.3, 0.4) is 0 Å². The van der Waals surface area contributed by atoms with Crippen molar-refractivity contribution in [3.05, 3.63) is 34.3 Å². The predicted octanol–water partition coefficient (Wildman–Crippen LogP) is 2.72. The van der Waals surface area contributed by atoms with Crippen LogP contribution in [0, 0.1) is 0 Å². The Morgan fingerprint density at radius 3 is 2.47 bits per heavy atom. The van der Waals surface area contributed by atoms with Gasteiger partial charge in [-0.25, -0.2) is 4.79 Å². The van der Waals surface area contributed by atoms with Crippen molar-refractivity contribution in [3.63, 3.8) is 0 Å². The number of rotatable bonds is 2. The van der Waals surface area contributed by atoms with Crippen LogP contribution in [0.5, 0.6) is 0 Å². The fourth-order valence-electron chi connectivity index (χ4n) is 1.17. The van der Waals surface area contributed by atoms with E-state index in [1.54, 1.807) is 0 Å². The minimum atomic E-state index is -4.78. The molecule has 1 N–H and O–H groups in total. The van der Waals surface area contributed by atoms with Crippen LogP contribution in [0.1, 0.15) is 22.0 Å². The van der Waals surface area contributed by atoms with Crippen LogP contribution in [0.15, 0.2) is 18.2 Å². The lowest BCUT2D eigenvalue weighted by molar-refractivity contribution is -0.206. The zero-order chi connectivity index (χ0) is 13.2. The maximum absolute atomic E-state index is 12.2. The first-order chi connectivity index (χ1) is 7.77. The molecular formula is C10H8ClF3O3. The number of alkyl halides is 3. The summed E-state index contributed by atoms with van der Waals surface area (Å²) in [6.07, 6.45) is -7.41. The van der Waals surface area contributed by atoms with Crippen molar-refractivity contribution in [1.82, 2.24) is 0 Å². The molecule has 3 nitrogen and oxygen atoms in total. The normalized spacial score (nSPS) is 13.3. The van der Waals surface area contributed by atoms with Gasteiger partial charge in [-0.05, 0) is 17.7 Å². The molecule has 1 atom stereocenters. The topological polar surface area (TPSA) is 46.5 Å². The molecule has 1 aromatic rings. The van der Waals surface area contributed by atoms with E-state index in [2.05, 4.69) is 4.74 Å². The van der Waals surface area contributed by atoms with Gasteiger partial charge >= 0.3 is 12.1 Å². The van der Waals surface area contributed by atoms with Crippen molar-refractivity contribution in [2.24, 2.45) is 0 Å². The molecule has 17 heavy (non-hydrogen) atoms. The first-order valence-electron chi connectivity index (χ1n) is 4.40. The molecule has 0 heterocycles. The van der Waals surface area contributed by atoms with Crippen LogP contribution < -0.4 is 0 Å². The highest BCUT2D eigenvalue weighted by Gasteiger charge is 2.39. The minimum absolute atomic E-state index is 0.0627. The molecule has 0 bridgehead atoms. The third kappa shape index (κ3) is 3.10. The molecule has 0 aliphatic heterocycles. The maximum atomic E-state index is 12.2. The van der Waals surface area contributed by atoms with Gasteiger partial charge in [-0.2, -0.15) is 13.2 Å². The molecule has 0 spiro atoms. The van der Waals surface area contributed by atoms with E-state index in [-0.39, 0.29) is 10.6 Å². The lowest BCUT2D eigenvalue weighted by Crippen LogP contribution is -2.20. The summed E-state index contributed by atoms with van der Waals surface area (Å²) in [4.78, 5) is 11.1. The number of halogens is 4. The Balaban J connectivity index is 3.09. The van der Waals surface area contributed by atoms with E-state index in [0.717, 1.165) is 25.3 Å². The van der Waals surface area contributed by atoms with Gasteiger partial charge in [0.1, 0.15) is 0 Å². The van der Waals surface area contributed by atoms with E-state index in [4.69, 9.17) is 16.7 Å². The third-order valence-electron chi connectivity index (χ3n) is 2.02. The molecule has 1 aromatic carbocycles. The Hall–Kier alpha value is -1.27. The van der Waals surface area contributed by atoms with Crippen molar-refractivity contribution in [2.75, 3.05) is 7.11 Å². The van der Waals surface area contributed by atoms with Crippen LogP contribution in [-0.4, -0.2) is 24.4 Å². The van der Waals surface area contributed by atoms with Crippen molar-refractivity contribution >= 4 is 17.6 Å². The van der Waals surface area contributed by atoms with Crippen molar-refractivity contribution in [2.45, 2.75) is 12.3 Å². The lowest BCUT2D eigenvalue weighted by Gasteiger charge is -2.15.